The van der Waals surface area contributed by atoms with Crippen LogP contribution in [0.1, 0.15) is 18.5 Å². The van der Waals surface area contributed by atoms with E-state index >= 15 is 0 Å². The van der Waals surface area contributed by atoms with Crippen LogP contribution in [0.2, 0.25) is 10.2 Å². The van der Waals surface area contributed by atoms with Crippen molar-refractivity contribution in [2.45, 2.75) is 19.3 Å². The molecule has 82 valence electrons. The minimum absolute atomic E-state index is 0.264. The molecule has 1 aromatic heterocycles. The molecule has 5 heteroatoms. The molecule has 0 spiro atoms. The molecule has 0 bridgehead atoms. The lowest BCUT2D eigenvalue weighted by Gasteiger charge is -2.21. The number of nitrogens with zero attached hydrogens (tertiary/aromatic N) is 2. The molecule has 2 rings (SSSR count). The van der Waals surface area contributed by atoms with Gasteiger partial charge in [-0.3, -0.25) is 0 Å². The van der Waals surface area contributed by atoms with Crippen LogP contribution >= 0.6 is 23.2 Å². The fourth-order valence-electron chi connectivity index (χ4n) is 1.75. The molecular formula is C10H12Cl2N2O. The Morgan fingerprint density at radius 2 is 2.27 bits per heavy atom. The molecule has 0 aliphatic carbocycles. The highest BCUT2D eigenvalue weighted by Gasteiger charge is 2.15. The first-order valence-corrected chi connectivity index (χ1v) is 5.76. The van der Waals surface area contributed by atoms with Crippen LogP contribution in [-0.2, 0) is 11.2 Å². The Bertz CT molecular complexity index is 340. The Kier molecular flexibility index (Phi) is 3.78. The first-order valence-electron chi connectivity index (χ1n) is 5.01. The summed E-state index contributed by atoms with van der Waals surface area (Å²) in [5, 5.41) is 8.53. The molecule has 0 N–H and O–H groups in total. The van der Waals surface area contributed by atoms with Gasteiger partial charge in [-0.25, -0.2) is 0 Å². The molecule has 1 unspecified atom stereocenters. The number of hydrogen-bond acceptors (Lipinski definition) is 3. The first-order chi connectivity index (χ1) is 7.25. The predicted molar refractivity (Wildman–Crippen MR) is 59.3 cm³/mol. The third-order valence-electron chi connectivity index (χ3n) is 2.51. The van der Waals surface area contributed by atoms with Crippen molar-refractivity contribution in [3.63, 3.8) is 0 Å². The molecular weight excluding hydrogens is 235 g/mol. The Balaban J connectivity index is 2.00. The van der Waals surface area contributed by atoms with Gasteiger partial charge in [0, 0.05) is 13.2 Å². The molecule has 1 aliphatic rings. The Morgan fingerprint density at radius 3 is 2.93 bits per heavy atom. The van der Waals surface area contributed by atoms with Gasteiger partial charge in [0.25, 0.3) is 0 Å². The summed E-state index contributed by atoms with van der Waals surface area (Å²) in [6, 6.07) is 1.78. The van der Waals surface area contributed by atoms with Crippen molar-refractivity contribution in [1.82, 2.24) is 10.2 Å². The van der Waals surface area contributed by atoms with Gasteiger partial charge in [0.15, 0.2) is 5.15 Å². The third-order valence-corrected chi connectivity index (χ3v) is 3.17. The van der Waals surface area contributed by atoms with Crippen LogP contribution in [0.5, 0.6) is 0 Å². The number of ether oxygens (including phenoxy) is 1. The number of hydrogen-bond donors (Lipinski definition) is 0. The molecule has 1 fully saturated rings. The van der Waals surface area contributed by atoms with Crippen molar-refractivity contribution in [3.05, 3.63) is 21.9 Å². The molecule has 2 heterocycles. The summed E-state index contributed by atoms with van der Waals surface area (Å²) in [5.41, 5.74) is 0.889. The van der Waals surface area contributed by atoms with Gasteiger partial charge in [0.1, 0.15) is 0 Å². The molecule has 1 saturated heterocycles. The number of aromatic nitrogens is 2. The van der Waals surface area contributed by atoms with Crippen LogP contribution in [0, 0.1) is 5.92 Å². The largest absolute Gasteiger partial charge is 0.381 e. The van der Waals surface area contributed by atoms with Gasteiger partial charge in [0.2, 0.25) is 0 Å². The SMILES string of the molecule is Clc1cc(CC2CCCOC2)nnc1Cl. The van der Waals surface area contributed by atoms with Crippen LogP contribution in [0.3, 0.4) is 0 Å². The molecule has 0 saturated carbocycles. The fraction of sp³-hybridized carbons (Fsp3) is 0.600. The van der Waals surface area contributed by atoms with Crippen LogP contribution in [0.4, 0.5) is 0 Å². The summed E-state index contributed by atoms with van der Waals surface area (Å²) in [6.45, 7) is 1.69. The number of halogens is 2. The minimum Gasteiger partial charge on any atom is -0.381 e. The van der Waals surface area contributed by atoms with Crippen molar-refractivity contribution >= 4 is 23.2 Å². The molecule has 0 amide bonds. The topological polar surface area (TPSA) is 35.0 Å². The van der Waals surface area contributed by atoms with Gasteiger partial charge in [0.05, 0.1) is 10.7 Å². The number of rotatable bonds is 2. The van der Waals surface area contributed by atoms with Gasteiger partial charge >= 0.3 is 0 Å². The summed E-state index contributed by atoms with van der Waals surface area (Å²) >= 11 is 11.6. The molecule has 1 atom stereocenters. The standard InChI is InChI=1S/C10H12Cl2N2O/c11-9-5-8(13-14-10(9)12)4-7-2-1-3-15-6-7/h5,7H,1-4,6H2. The average Bonchev–Trinajstić information content (AvgIpc) is 2.25. The van der Waals surface area contributed by atoms with Crippen molar-refractivity contribution in [1.29, 1.82) is 0 Å². The zero-order valence-corrected chi connectivity index (χ0v) is 9.76. The Labute approximate surface area is 98.7 Å². The maximum Gasteiger partial charge on any atom is 0.170 e. The lowest BCUT2D eigenvalue weighted by atomic mass is 9.97. The molecule has 1 aliphatic heterocycles. The van der Waals surface area contributed by atoms with Crippen LogP contribution in [0.25, 0.3) is 0 Å². The molecule has 1 aromatic rings. The summed E-state index contributed by atoms with van der Waals surface area (Å²) in [7, 11) is 0. The molecule has 3 nitrogen and oxygen atoms in total. The van der Waals surface area contributed by atoms with Gasteiger partial charge in [-0.2, -0.15) is 5.10 Å². The summed E-state index contributed by atoms with van der Waals surface area (Å²) < 4.78 is 5.40. The Morgan fingerprint density at radius 1 is 1.40 bits per heavy atom. The zero-order valence-electron chi connectivity index (χ0n) is 8.25. The van der Waals surface area contributed by atoms with E-state index in [0.29, 0.717) is 10.9 Å². The Hall–Kier alpha value is -0.380. The smallest absolute Gasteiger partial charge is 0.170 e. The lowest BCUT2D eigenvalue weighted by molar-refractivity contribution is 0.0546. The van der Waals surface area contributed by atoms with E-state index in [1.54, 1.807) is 6.07 Å². The van der Waals surface area contributed by atoms with E-state index in [1.807, 2.05) is 0 Å². The second-order valence-electron chi connectivity index (χ2n) is 3.76. The maximum atomic E-state index is 5.87. The van der Waals surface area contributed by atoms with Gasteiger partial charge in [-0.1, -0.05) is 23.2 Å². The van der Waals surface area contributed by atoms with E-state index < -0.39 is 0 Å². The highest BCUT2D eigenvalue weighted by molar-refractivity contribution is 6.41. The van der Waals surface area contributed by atoms with Crippen LogP contribution in [-0.4, -0.2) is 23.4 Å². The monoisotopic (exact) mass is 246 g/mol. The first kappa shape index (κ1) is 11.1. The summed E-state index contributed by atoms with van der Waals surface area (Å²) in [4.78, 5) is 0. The van der Waals surface area contributed by atoms with Crippen molar-refractivity contribution in [2.24, 2.45) is 5.92 Å². The van der Waals surface area contributed by atoms with E-state index in [1.165, 1.54) is 6.42 Å². The van der Waals surface area contributed by atoms with Crippen molar-refractivity contribution in [3.8, 4) is 0 Å². The highest BCUT2D eigenvalue weighted by Crippen LogP contribution is 2.22. The van der Waals surface area contributed by atoms with Crippen molar-refractivity contribution < 1.29 is 4.74 Å². The summed E-state index contributed by atoms with van der Waals surface area (Å²) in [5.74, 6) is 0.533. The van der Waals surface area contributed by atoms with E-state index in [4.69, 9.17) is 27.9 Å². The lowest BCUT2D eigenvalue weighted by Crippen LogP contribution is -2.19. The molecule has 0 aromatic carbocycles. The van der Waals surface area contributed by atoms with Gasteiger partial charge in [-0.15, -0.1) is 5.10 Å². The summed E-state index contributed by atoms with van der Waals surface area (Å²) in [6.07, 6.45) is 3.17. The van der Waals surface area contributed by atoms with Crippen LogP contribution < -0.4 is 0 Å². The highest BCUT2D eigenvalue weighted by atomic mass is 35.5. The van der Waals surface area contributed by atoms with Gasteiger partial charge in [-0.05, 0) is 31.2 Å². The second kappa shape index (κ2) is 5.10. The van der Waals surface area contributed by atoms with Crippen LogP contribution in [0.15, 0.2) is 6.07 Å². The van der Waals surface area contributed by atoms with E-state index in [-0.39, 0.29) is 5.15 Å². The quantitative estimate of drug-likeness (QED) is 0.805. The molecule has 15 heavy (non-hydrogen) atoms. The fourth-order valence-corrected chi connectivity index (χ4v) is 2.01. The van der Waals surface area contributed by atoms with E-state index in [9.17, 15) is 0 Å². The predicted octanol–water partition coefficient (Wildman–Crippen LogP) is 2.75. The van der Waals surface area contributed by atoms with Crippen molar-refractivity contribution in [2.75, 3.05) is 13.2 Å². The third kappa shape index (κ3) is 3.03. The molecule has 0 radical (unpaired) electrons. The van der Waals surface area contributed by atoms with E-state index in [2.05, 4.69) is 10.2 Å². The van der Waals surface area contributed by atoms with Gasteiger partial charge < -0.3 is 4.74 Å². The maximum absolute atomic E-state index is 5.87. The minimum atomic E-state index is 0.264. The van der Waals surface area contributed by atoms with E-state index in [0.717, 1.165) is 31.7 Å². The average molecular weight is 247 g/mol. The normalized spacial score (nSPS) is 21.6. The second-order valence-corrected chi connectivity index (χ2v) is 4.53. The zero-order chi connectivity index (χ0) is 10.7.